The molecule has 0 aromatic carbocycles. The van der Waals surface area contributed by atoms with E-state index in [2.05, 4.69) is 32.8 Å². The van der Waals surface area contributed by atoms with E-state index in [1.54, 1.807) is 7.11 Å². The molecule has 0 saturated heterocycles. The number of alkyl halides is 1. The fourth-order valence-corrected chi connectivity index (χ4v) is 1.51. The average Bonchev–Trinajstić information content (AvgIpc) is 2.16. The van der Waals surface area contributed by atoms with Gasteiger partial charge >= 0.3 is 0 Å². The van der Waals surface area contributed by atoms with E-state index in [1.807, 2.05) is 13.0 Å². The van der Waals surface area contributed by atoms with E-state index in [9.17, 15) is 0 Å². The average molecular weight is 259 g/mol. The summed E-state index contributed by atoms with van der Waals surface area (Å²) in [5.41, 5.74) is 1.03. The maximum atomic E-state index is 5.08. The number of nitrogens with zero attached hydrogens (tertiary/aromatic N) is 2. The molecule has 1 heterocycles. The molecule has 1 atom stereocenters. The van der Waals surface area contributed by atoms with E-state index in [1.165, 1.54) is 0 Å². The van der Waals surface area contributed by atoms with Crippen molar-refractivity contribution >= 4 is 15.9 Å². The Morgan fingerprint density at radius 2 is 2.21 bits per heavy atom. The molecule has 0 N–H and O–H groups in total. The predicted molar refractivity (Wildman–Crippen MR) is 60.0 cm³/mol. The molecule has 0 bridgehead atoms. The lowest BCUT2D eigenvalue weighted by molar-refractivity contribution is 0.394. The van der Waals surface area contributed by atoms with Crippen molar-refractivity contribution in [3.8, 4) is 5.88 Å². The Kier molecular flexibility index (Phi) is 4.32. The molecule has 1 unspecified atom stereocenters. The lowest BCUT2D eigenvalue weighted by Gasteiger charge is -2.07. The molecule has 0 saturated carbocycles. The third kappa shape index (κ3) is 3.25. The molecule has 1 rings (SSSR count). The quantitative estimate of drug-likeness (QED) is 0.779. The Balaban J connectivity index is 2.81. The van der Waals surface area contributed by atoms with Gasteiger partial charge in [-0.1, -0.05) is 22.9 Å². The van der Waals surface area contributed by atoms with Crippen molar-refractivity contribution in [3.05, 3.63) is 17.6 Å². The number of hydrogen-bond donors (Lipinski definition) is 0. The number of ether oxygens (including phenoxy) is 1. The number of halogens is 1. The first kappa shape index (κ1) is 11.4. The fraction of sp³-hybridized carbons (Fsp3) is 0.600. The highest BCUT2D eigenvalue weighted by Crippen LogP contribution is 2.15. The lowest BCUT2D eigenvalue weighted by atomic mass is 10.2. The summed E-state index contributed by atoms with van der Waals surface area (Å²) < 4.78 is 5.08. The topological polar surface area (TPSA) is 35.0 Å². The summed E-state index contributed by atoms with van der Waals surface area (Å²) in [6.45, 7) is 4.02. The molecule has 78 valence electrons. The van der Waals surface area contributed by atoms with Crippen LogP contribution in [0.25, 0.3) is 0 Å². The second-order valence-corrected chi connectivity index (χ2v) is 4.45. The van der Waals surface area contributed by atoms with Gasteiger partial charge in [-0.05, 0) is 13.3 Å². The van der Waals surface area contributed by atoms with Crippen LogP contribution in [0.2, 0.25) is 0 Å². The summed E-state index contributed by atoms with van der Waals surface area (Å²) in [4.78, 5) is 8.96. The monoisotopic (exact) mass is 258 g/mol. The third-order valence-electron chi connectivity index (χ3n) is 1.95. The Morgan fingerprint density at radius 1 is 1.50 bits per heavy atom. The van der Waals surface area contributed by atoms with Crippen molar-refractivity contribution in [2.24, 2.45) is 0 Å². The van der Waals surface area contributed by atoms with E-state index in [0.717, 1.165) is 24.4 Å². The van der Waals surface area contributed by atoms with Crippen molar-refractivity contribution in [1.29, 1.82) is 0 Å². The van der Waals surface area contributed by atoms with Gasteiger partial charge in [0.05, 0.1) is 7.11 Å². The summed E-state index contributed by atoms with van der Waals surface area (Å²) in [5, 5.41) is 0. The zero-order valence-corrected chi connectivity index (χ0v) is 10.3. The second kappa shape index (κ2) is 5.29. The lowest BCUT2D eigenvalue weighted by Crippen LogP contribution is -2.05. The Morgan fingerprint density at radius 3 is 2.79 bits per heavy atom. The highest BCUT2D eigenvalue weighted by Gasteiger charge is 2.06. The van der Waals surface area contributed by atoms with Gasteiger partial charge in [-0.25, -0.2) is 4.98 Å². The van der Waals surface area contributed by atoms with Gasteiger partial charge in [0.15, 0.2) is 0 Å². The predicted octanol–water partition coefficient (Wildman–Crippen LogP) is 2.51. The van der Waals surface area contributed by atoms with Crippen molar-refractivity contribution in [1.82, 2.24) is 9.97 Å². The van der Waals surface area contributed by atoms with Gasteiger partial charge in [0.1, 0.15) is 5.82 Å². The minimum atomic E-state index is 0.474. The van der Waals surface area contributed by atoms with Crippen LogP contribution in [-0.2, 0) is 6.42 Å². The molecule has 0 aliphatic rings. The first-order chi connectivity index (χ1) is 6.65. The number of aromatic nitrogens is 2. The maximum absolute atomic E-state index is 5.08. The number of methoxy groups -OCH3 is 1. The molecule has 14 heavy (non-hydrogen) atoms. The zero-order valence-electron chi connectivity index (χ0n) is 8.75. The summed E-state index contributed by atoms with van der Waals surface area (Å²) >= 11 is 3.58. The molecule has 0 radical (unpaired) electrons. The summed E-state index contributed by atoms with van der Waals surface area (Å²) in [7, 11) is 1.62. The van der Waals surface area contributed by atoms with Gasteiger partial charge in [-0.3, -0.25) is 0 Å². The Labute approximate surface area is 93.0 Å². The third-order valence-corrected chi connectivity index (χ3v) is 2.92. The van der Waals surface area contributed by atoms with Crippen LogP contribution in [0.3, 0.4) is 0 Å². The highest BCUT2D eigenvalue weighted by atomic mass is 79.9. The molecule has 0 aliphatic heterocycles. The molecule has 0 fully saturated rings. The molecular formula is C10H15BrN2O. The van der Waals surface area contributed by atoms with E-state index in [4.69, 9.17) is 4.74 Å². The van der Waals surface area contributed by atoms with Crippen LogP contribution >= 0.6 is 15.9 Å². The number of rotatable bonds is 4. The summed E-state index contributed by atoms with van der Waals surface area (Å²) in [6.07, 6.45) is 2.00. The van der Waals surface area contributed by atoms with E-state index >= 15 is 0 Å². The van der Waals surface area contributed by atoms with Gasteiger partial charge < -0.3 is 4.74 Å². The first-order valence-corrected chi connectivity index (χ1v) is 5.60. The molecule has 4 heteroatoms. The molecule has 0 aliphatic carbocycles. The largest absolute Gasteiger partial charge is 0.481 e. The fourth-order valence-electron chi connectivity index (χ4n) is 1.18. The summed E-state index contributed by atoms with van der Waals surface area (Å²) in [5.74, 6) is 1.40. The first-order valence-electron chi connectivity index (χ1n) is 4.68. The van der Waals surface area contributed by atoms with Gasteiger partial charge in [0.25, 0.3) is 0 Å². The Bertz CT molecular complexity index is 304. The smallest absolute Gasteiger partial charge is 0.216 e. The van der Waals surface area contributed by atoms with Gasteiger partial charge in [0, 0.05) is 23.0 Å². The van der Waals surface area contributed by atoms with Crippen LogP contribution in [0.1, 0.15) is 24.9 Å². The maximum Gasteiger partial charge on any atom is 0.216 e. The second-order valence-electron chi connectivity index (χ2n) is 3.16. The summed E-state index contributed by atoms with van der Waals surface area (Å²) in [6, 6.07) is 1.89. The minimum Gasteiger partial charge on any atom is -0.481 e. The SMILES string of the molecule is CCC(Br)Cc1cc(OC)nc(C)n1. The van der Waals surface area contributed by atoms with E-state index in [0.29, 0.717) is 10.7 Å². The molecule has 1 aromatic rings. The minimum absolute atomic E-state index is 0.474. The van der Waals surface area contributed by atoms with Crippen LogP contribution in [0.5, 0.6) is 5.88 Å². The standard InChI is InChI=1S/C10H15BrN2O/c1-4-8(11)5-9-6-10(14-3)13-7(2)12-9/h6,8H,4-5H2,1-3H3. The van der Waals surface area contributed by atoms with Crippen LogP contribution in [0.4, 0.5) is 0 Å². The van der Waals surface area contributed by atoms with Gasteiger partial charge in [-0.15, -0.1) is 0 Å². The number of aryl methyl sites for hydroxylation is 1. The van der Waals surface area contributed by atoms with Crippen molar-refractivity contribution < 1.29 is 4.74 Å². The van der Waals surface area contributed by atoms with Crippen LogP contribution in [0.15, 0.2) is 6.07 Å². The van der Waals surface area contributed by atoms with Crippen LogP contribution < -0.4 is 4.74 Å². The number of hydrogen-bond acceptors (Lipinski definition) is 3. The molecule has 3 nitrogen and oxygen atoms in total. The van der Waals surface area contributed by atoms with Crippen LogP contribution in [0, 0.1) is 6.92 Å². The van der Waals surface area contributed by atoms with Crippen molar-refractivity contribution in [2.75, 3.05) is 7.11 Å². The van der Waals surface area contributed by atoms with Gasteiger partial charge in [0.2, 0.25) is 5.88 Å². The van der Waals surface area contributed by atoms with Crippen molar-refractivity contribution in [3.63, 3.8) is 0 Å². The molecule has 1 aromatic heterocycles. The molecule has 0 spiro atoms. The zero-order chi connectivity index (χ0) is 10.6. The molecule has 0 amide bonds. The van der Waals surface area contributed by atoms with Crippen LogP contribution in [-0.4, -0.2) is 21.9 Å². The van der Waals surface area contributed by atoms with Crippen molar-refractivity contribution in [2.45, 2.75) is 31.5 Å². The van der Waals surface area contributed by atoms with Gasteiger partial charge in [-0.2, -0.15) is 4.98 Å². The van der Waals surface area contributed by atoms with E-state index < -0.39 is 0 Å². The molecular weight excluding hydrogens is 244 g/mol. The normalized spacial score (nSPS) is 12.6. The highest BCUT2D eigenvalue weighted by molar-refractivity contribution is 9.09. The Hall–Kier alpha value is -0.640. The van der Waals surface area contributed by atoms with E-state index in [-0.39, 0.29) is 0 Å².